The summed E-state index contributed by atoms with van der Waals surface area (Å²) < 4.78 is 67.2. The summed E-state index contributed by atoms with van der Waals surface area (Å²) in [4.78, 5) is 6.61. The minimum absolute atomic E-state index is 0.159. The van der Waals surface area contributed by atoms with E-state index >= 15 is 0 Å². The Morgan fingerprint density at radius 1 is 0.926 bits per heavy atom. The van der Waals surface area contributed by atoms with Crippen molar-refractivity contribution in [2.75, 3.05) is 26.9 Å². The van der Waals surface area contributed by atoms with Crippen molar-refractivity contribution in [3.05, 3.63) is 125 Å². The number of aryl methyl sites for hydroxylation is 2. The van der Waals surface area contributed by atoms with Crippen LogP contribution in [-0.4, -0.2) is 50.2 Å². The predicted molar refractivity (Wildman–Crippen MR) is 214 cm³/mol. The van der Waals surface area contributed by atoms with Crippen molar-refractivity contribution < 1.29 is 31.8 Å². The van der Waals surface area contributed by atoms with Gasteiger partial charge in [0.15, 0.2) is 11.5 Å². The summed E-state index contributed by atoms with van der Waals surface area (Å²) in [6.45, 7) is 15.5. The van der Waals surface area contributed by atoms with Crippen LogP contribution in [0.4, 0.5) is 17.6 Å². The molecule has 0 amide bonds. The number of unbranched alkanes of at least 4 members (excludes halogenated alkanes) is 2. The maximum atomic E-state index is 13.4. The maximum absolute atomic E-state index is 13.4. The van der Waals surface area contributed by atoms with Crippen LogP contribution in [0.1, 0.15) is 94.5 Å². The highest BCUT2D eigenvalue weighted by Gasteiger charge is 2.43. The third kappa shape index (κ3) is 16.6. The number of nitrogens with one attached hydrogen (secondary N) is 1. The topological polar surface area (TPSA) is 55.3 Å². The van der Waals surface area contributed by atoms with Crippen molar-refractivity contribution >= 4 is 11.5 Å². The van der Waals surface area contributed by atoms with Gasteiger partial charge in [0.25, 0.3) is 0 Å². The first-order valence-corrected chi connectivity index (χ1v) is 18.7. The molecule has 0 bridgehead atoms. The predicted octanol–water partition coefficient (Wildman–Crippen LogP) is 11.9. The smallest absolute Gasteiger partial charge is 0.454 e. The van der Waals surface area contributed by atoms with E-state index < -0.39 is 12.5 Å². The monoisotopic (exact) mass is 753 g/mol. The summed E-state index contributed by atoms with van der Waals surface area (Å²) in [5, 5.41) is 3.52. The number of hydrogen-bond acceptors (Lipinski definition) is 5. The standard InChI is InChI=1S/C34H37F4N3O3.C5H12.C5H10/c1-23-17-24(2)19-28(18-23)29(40-32(39-4)27-10-6-5-7-11-27)14-16-41(15-8-9-25(3)44-34(37,38)33(35)36)21-26-12-13-30-31(20-26)43-22-42-30;2*1-3-5-4-2/h5-7,9-14,17-20,33H,8,15-16,21-22H2,1-4H3,(H,39,40);3-5H2,1-2H3;3,5H,4H2,1-2H3/b25-9+,29-14+;;5-3-. The molecule has 0 aliphatic carbocycles. The van der Waals surface area contributed by atoms with Gasteiger partial charge in [-0.3, -0.25) is 9.89 Å². The first kappa shape index (κ1) is 45.6. The molecule has 0 unspecified atom stereocenters. The Morgan fingerprint density at radius 3 is 2.15 bits per heavy atom. The Kier molecular flexibility index (Phi) is 20.8. The summed E-state index contributed by atoms with van der Waals surface area (Å²) in [5.74, 6) is 1.76. The number of halogens is 4. The fraction of sp³-hybridized carbons (Fsp3) is 0.432. The highest BCUT2D eigenvalue weighted by molar-refractivity contribution is 6.03. The molecule has 4 rings (SSSR count). The van der Waals surface area contributed by atoms with Gasteiger partial charge in [0.2, 0.25) is 6.79 Å². The highest BCUT2D eigenvalue weighted by atomic mass is 19.3. The highest BCUT2D eigenvalue weighted by Crippen LogP contribution is 2.33. The lowest BCUT2D eigenvalue weighted by atomic mass is 10.0. The zero-order chi connectivity index (χ0) is 39.9. The summed E-state index contributed by atoms with van der Waals surface area (Å²) in [6.07, 6.45) is 4.71. The molecular formula is C44H59F4N3O3. The van der Waals surface area contributed by atoms with Crippen LogP contribution in [0.3, 0.4) is 0 Å². The largest absolute Gasteiger partial charge is 0.460 e. The number of aliphatic imine (C=N–C) groups is 1. The van der Waals surface area contributed by atoms with Crippen LogP contribution in [0, 0.1) is 13.8 Å². The minimum Gasteiger partial charge on any atom is -0.454 e. The van der Waals surface area contributed by atoms with Gasteiger partial charge in [0, 0.05) is 37.9 Å². The van der Waals surface area contributed by atoms with Gasteiger partial charge in [-0.1, -0.05) is 106 Å². The van der Waals surface area contributed by atoms with Crippen LogP contribution < -0.4 is 14.8 Å². The average Bonchev–Trinajstić information content (AvgIpc) is 3.61. The van der Waals surface area contributed by atoms with Gasteiger partial charge in [0.05, 0.1) is 5.76 Å². The number of alkyl halides is 4. The van der Waals surface area contributed by atoms with E-state index in [0.29, 0.717) is 43.4 Å². The van der Waals surface area contributed by atoms with E-state index in [-0.39, 0.29) is 12.6 Å². The molecule has 3 aromatic rings. The van der Waals surface area contributed by atoms with Gasteiger partial charge in [0.1, 0.15) is 5.84 Å². The van der Waals surface area contributed by atoms with E-state index in [0.717, 1.165) is 39.9 Å². The molecule has 3 aromatic carbocycles. The Balaban J connectivity index is 0.000000892. The van der Waals surface area contributed by atoms with Gasteiger partial charge in [-0.15, -0.1) is 0 Å². The lowest BCUT2D eigenvalue weighted by molar-refractivity contribution is -0.281. The zero-order valence-corrected chi connectivity index (χ0v) is 33.2. The Morgan fingerprint density at radius 2 is 1.59 bits per heavy atom. The molecule has 296 valence electrons. The normalized spacial score (nSPS) is 13.1. The molecule has 1 heterocycles. The van der Waals surface area contributed by atoms with Crippen molar-refractivity contribution in [2.45, 2.75) is 99.6 Å². The number of hydrogen-bond donors (Lipinski definition) is 1. The number of nitrogens with zero attached hydrogens (tertiary/aromatic N) is 2. The molecule has 10 heteroatoms. The number of rotatable bonds is 16. The summed E-state index contributed by atoms with van der Waals surface area (Å²) in [7, 11) is 1.73. The van der Waals surface area contributed by atoms with Crippen LogP contribution in [0.2, 0.25) is 0 Å². The van der Waals surface area contributed by atoms with E-state index in [1.54, 1.807) is 7.05 Å². The van der Waals surface area contributed by atoms with Crippen molar-refractivity contribution in [1.29, 1.82) is 0 Å². The molecule has 0 aromatic heterocycles. The van der Waals surface area contributed by atoms with E-state index in [4.69, 9.17) is 9.47 Å². The lowest BCUT2D eigenvalue weighted by Gasteiger charge is -2.22. The SMILES string of the molecule is C/C=C\CC.CCCCC.CN=C(N/C(=C/CN(CC/C=C(\C)OC(F)(F)C(F)F)Cc1ccc2c(c1)OCO2)c1cc(C)cc(C)c1)c1ccccc1. The van der Waals surface area contributed by atoms with E-state index in [2.05, 4.69) is 77.1 Å². The molecule has 54 heavy (non-hydrogen) atoms. The Labute approximate surface area is 320 Å². The van der Waals surface area contributed by atoms with Gasteiger partial charge >= 0.3 is 12.5 Å². The maximum Gasteiger partial charge on any atom is 0.460 e. The number of benzene rings is 3. The second-order valence-electron chi connectivity index (χ2n) is 12.9. The first-order valence-electron chi connectivity index (χ1n) is 18.7. The molecule has 0 spiro atoms. The van der Waals surface area contributed by atoms with Crippen molar-refractivity contribution in [3.8, 4) is 11.5 Å². The molecule has 0 radical (unpaired) electrons. The quantitative estimate of drug-likeness (QED) is 0.0519. The minimum atomic E-state index is -4.54. The fourth-order valence-electron chi connectivity index (χ4n) is 5.45. The summed E-state index contributed by atoms with van der Waals surface area (Å²) >= 11 is 0. The summed E-state index contributed by atoms with van der Waals surface area (Å²) in [6, 6.07) is 21.8. The third-order valence-electron chi connectivity index (χ3n) is 8.06. The van der Waals surface area contributed by atoms with E-state index in [1.807, 2.05) is 69.3 Å². The Hall–Kier alpha value is -4.57. The molecule has 6 nitrogen and oxygen atoms in total. The summed E-state index contributed by atoms with van der Waals surface area (Å²) in [5.41, 5.74) is 5.96. The van der Waals surface area contributed by atoms with E-state index in [9.17, 15) is 17.6 Å². The average molecular weight is 754 g/mol. The molecule has 1 N–H and O–H groups in total. The van der Waals surface area contributed by atoms with Crippen LogP contribution in [0.5, 0.6) is 11.5 Å². The molecule has 0 fully saturated rings. The molecule has 1 aliphatic heterocycles. The Bertz CT molecular complexity index is 1630. The molecule has 0 saturated heterocycles. The van der Waals surface area contributed by atoms with Crippen LogP contribution in [-0.2, 0) is 11.3 Å². The fourth-order valence-corrected chi connectivity index (χ4v) is 5.45. The third-order valence-corrected chi connectivity index (χ3v) is 8.06. The number of fused-ring (bicyclic) bond motifs is 1. The van der Waals surface area contributed by atoms with Crippen LogP contribution >= 0.6 is 0 Å². The molecule has 1 aliphatic rings. The van der Waals surface area contributed by atoms with Gasteiger partial charge in [-0.2, -0.15) is 17.6 Å². The lowest BCUT2D eigenvalue weighted by Crippen LogP contribution is -2.29. The molecule has 0 saturated carbocycles. The van der Waals surface area contributed by atoms with Crippen molar-refractivity contribution in [3.63, 3.8) is 0 Å². The van der Waals surface area contributed by atoms with Crippen molar-refractivity contribution in [1.82, 2.24) is 10.2 Å². The van der Waals surface area contributed by atoms with Gasteiger partial charge in [-0.25, -0.2) is 0 Å². The van der Waals surface area contributed by atoms with Crippen LogP contribution in [0.25, 0.3) is 5.70 Å². The number of ether oxygens (including phenoxy) is 3. The molecule has 0 atom stereocenters. The second kappa shape index (κ2) is 24.7. The number of amidine groups is 1. The second-order valence-corrected chi connectivity index (χ2v) is 12.9. The molecular weight excluding hydrogens is 694 g/mol. The number of allylic oxidation sites excluding steroid dienone is 3. The van der Waals surface area contributed by atoms with Crippen LogP contribution in [0.15, 0.2) is 102 Å². The zero-order valence-electron chi connectivity index (χ0n) is 33.2. The van der Waals surface area contributed by atoms with Gasteiger partial charge < -0.3 is 19.5 Å². The van der Waals surface area contributed by atoms with E-state index in [1.165, 1.54) is 32.3 Å². The van der Waals surface area contributed by atoms with Gasteiger partial charge in [-0.05, 0) is 88.1 Å². The van der Waals surface area contributed by atoms with Crippen molar-refractivity contribution in [2.24, 2.45) is 4.99 Å². The first-order chi connectivity index (χ1) is 25.9.